The summed E-state index contributed by atoms with van der Waals surface area (Å²) < 4.78 is 5.27. The minimum absolute atomic E-state index is 0.897. The fourth-order valence-corrected chi connectivity index (χ4v) is 1.35. The van der Waals surface area contributed by atoms with Crippen molar-refractivity contribution in [2.45, 2.75) is 6.42 Å². The lowest BCUT2D eigenvalue weighted by atomic mass is 10.0. The minimum atomic E-state index is 0.897. The van der Waals surface area contributed by atoms with E-state index in [0.29, 0.717) is 0 Å². The van der Waals surface area contributed by atoms with Crippen molar-refractivity contribution < 1.29 is 4.74 Å². The van der Waals surface area contributed by atoms with Crippen LogP contribution < -0.4 is 10.1 Å². The van der Waals surface area contributed by atoms with E-state index in [0.717, 1.165) is 29.9 Å². The second-order valence-electron chi connectivity index (χ2n) is 3.16. The third kappa shape index (κ3) is 2.60. The summed E-state index contributed by atoms with van der Waals surface area (Å²) in [5, 5.41) is 3.10. The Hall–Kier alpha value is -1.28. The molecule has 2 nitrogen and oxygen atoms in total. The summed E-state index contributed by atoms with van der Waals surface area (Å²) in [5.41, 5.74) is 2.21. The average Bonchev–Trinajstić information content (AvgIpc) is 2.25. The number of ether oxygens (including phenoxy) is 1. The number of hydrogen-bond acceptors (Lipinski definition) is 2. The van der Waals surface area contributed by atoms with Crippen molar-refractivity contribution in [3.05, 3.63) is 36.4 Å². The van der Waals surface area contributed by atoms with E-state index in [1.165, 1.54) is 0 Å². The van der Waals surface area contributed by atoms with Crippen LogP contribution in [0.25, 0.3) is 5.57 Å². The van der Waals surface area contributed by atoms with Gasteiger partial charge in [0.2, 0.25) is 0 Å². The second-order valence-corrected chi connectivity index (χ2v) is 3.16. The van der Waals surface area contributed by atoms with E-state index in [9.17, 15) is 0 Å². The van der Waals surface area contributed by atoms with Crippen LogP contribution in [0.1, 0.15) is 12.0 Å². The SMILES string of the molecule is C=C(CCNC)c1ccccc1OC. The Balaban J connectivity index is 2.78. The van der Waals surface area contributed by atoms with Crippen molar-refractivity contribution >= 4 is 5.57 Å². The minimum Gasteiger partial charge on any atom is -0.496 e. The molecular weight excluding hydrogens is 174 g/mol. The van der Waals surface area contributed by atoms with Gasteiger partial charge in [0, 0.05) is 5.56 Å². The predicted octanol–water partition coefficient (Wildman–Crippen LogP) is 2.32. The molecule has 1 N–H and O–H groups in total. The number of hydrogen-bond donors (Lipinski definition) is 1. The van der Waals surface area contributed by atoms with Gasteiger partial charge in [-0.2, -0.15) is 0 Å². The molecule has 0 aliphatic heterocycles. The van der Waals surface area contributed by atoms with Crippen LogP contribution in [-0.2, 0) is 0 Å². The fourth-order valence-electron chi connectivity index (χ4n) is 1.35. The fraction of sp³-hybridized carbons (Fsp3) is 0.333. The van der Waals surface area contributed by atoms with Gasteiger partial charge in [-0.25, -0.2) is 0 Å². The lowest BCUT2D eigenvalue weighted by Crippen LogP contribution is -2.08. The highest BCUT2D eigenvalue weighted by Gasteiger charge is 2.04. The van der Waals surface area contributed by atoms with Gasteiger partial charge in [0.15, 0.2) is 0 Å². The Kier molecular flexibility index (Phi) is 4.20. The van der Waals surface area contributed by atoms with Crippen molar-refractivity contribution in [2.24, 2.45) is 0 Å². The first-order valence-corrected chi connectivity index (χ1v) is 4.75. The summed E-state index contributed by atoms with van der Waals surface area (Å²) in [7, 11) is 3.62. The van der Waals surface area contributed by atoms with Crippen LogP contribution in [0.5, 0.6) is 5.75 Å². The summed E-state index contributed by atoms with van der Waals surface area (Å²) in [6.45, 7) is 4.99. The summed E-state index contributed by atoms with van der Waals surface area (Å²) in [6.07, 6.45) is 0.941. The highest BCUT2D eigenvalue weighted by atomic mass is 16.5. The first-order chi connectivity index (χ1) is 6.79. The Bertz CT molecular complexity index is 307. The molecule has 0 aliphatic rings. The highest BCUT2D eigenvalue weighted by molar-refractivity contribution is 5.68. The Morgan fingerprint density at radius 1 is 1.43 bits per heavy atom. The van der Waals surface area contributed by atoms with Gasteiger partial charge in [-0.15, -0.1) is 0 Å². The van der Waals surface area contributed by atoms with Gasteiger partial charge in [0.1, 0.15) is 5.75 Å². The van der Waals surface area contributed by atoms with Crippen molar-refractivity contribution in [3.63, 3.8) is 0 Å². The standard InChI is InChI=1S/C12H17NO/c1-10(8-9-13-2)11-6-4-5-7-12(11)14-3/h4-7,13H,1,8-9H2,2-3H3. The third-order valence-corrected chi connectivity index (χ3v) is 2.16. The molecule has 1 aromatic carbocycles. The highest BCUT2D eigenvalue weighted by Crippen LogP contribution is 2.25. The van der Waals surface area contributed by atoms with Gasteiger partial charge in [-0.3, -0.25) is 0 Å². The molecule has 0 aliphatic carbocycles. The number of para-hydroxylation sites is 1. The molecule has 14 heavy (non-hydrogen) atoms. The lowest BCUT2D eigenvalue weighted by molar-refractivity contribution is 0.413. The van der Waals surface area contributed by atoms with Crippen molar-refractivity contribution in [1.82, 2.24) is 5.32 Å². The van der Waals surface area contributed by atoms with E-state index in [1.807, 2.05) is 31.3 Å². The largest absolute Gasteiger partial charge is 0.496 e. The first-order valence-electron chi connectivity index (χ1n) is 4.75. The third-order valence-electron chi connectivity index (χ3n) is 2.16. The summed E-state index contributed by atoms with van der Waals surface area (Å²) >= 11 is 0. The number of methoxy groups -OCH3 is 1. The second kappa shape index (κ2) is 5.45. The molecule has 0 fully saturated rings. The summed E-state index contributed by atoms with van der Waals surface area (Å²) in [5.74, 6) is 0.897. The molecule has 0 radical (unpaired) electrons. The van der Waals surface area contributed by atoms with Crippen LogP contribution in [0.2, 0.25) is 0 Å². The zero-order chi connectivity index (χ0) is 10.4. The Morgan fingerprint density at radius 3 is 2.79 bits per heavy atom. The van der Waals surface area contributed by atoms with E-state index < -0.39 is 0 Å². The predicted molar refractivity (Wildman–Crippen MR) is 60.6 cm³/mol. The molecule has 1 aromatic rings. The van der Waals surface area contributed by atoms with E-state index >= 15 is 0 Å². The summed E-state index contributed by atoms with van der Waals surface area (Å²) in [6, 6.07) is 7.97. The van der Waals surface area contributed by atoms with Gasteiger partial charge >= 0.3 is 0 Å². The van der Waals surface area contributed by atoms with Crippen LogP contribution in [0.4, 0.5) is 0 Å². The van der Waals surface area contributed by atoms with Crippen molar-refractivity contribution in [1.29, 1.82) is 0 Å². The first kappa shape index (κ1) is 10.8. The molecule has 2 heteroatoms. The maximum Gasteiger partial charge on any atom is 0.126 e. The molecule has 0 saturated heterocycles. The van der Waals surface area contributed by atoms with Crippen LogP contribution in [0.15, 0.2) is 30.8 Å². The number of nitrogens with one attached hydrogen (secondary N) is 1. The molecule has 0 bridgehead atoms. The van der Waals surface area contributed by atoms with Gasteiger partial charge in [-0.1, -0.05) is 24.8 Å². The summed E-state index contributed by atoms with van der Waals surface area (Å²) in [4.78, 5) is 0. The molecule has 1 rings (SSSR count). The quantitative estimate of drug-likeness (QED) is 0.771. The average molecular weight is 191 g/mol. The van der Waals surface area contributed by atoms with Gasteiger partial charge in [0.05, 0.1) is 7.11 Å². The number of benzene rings is 1. The van der Waals surface area contributed by atoms with E-state index in [2.05, 4.69) is 11.9 Å². The van der Waals surface area contributed by atoms with Gasteiger partial charge < -0.3 is 10.1 Å². The van der Waals surface area contributed by atoms with Crippen LogP contribution in [0, 0.1) is 0 Å². The molecule has 76 valence electrons. The van der Waals surface area contributed by atoms with Crippen LogP contribution >= 0.6 is 0 Å². The van der Waals surface area contributed by atoms with Crippen LogP contribution in [0.3, 0.4) is 0 Å². The zero-order valence-electron chi connectivity index (χ0n) is 8.84. The monoisotopic (exact) mass is 191 g/mol. The van der Waals surface area contributed by atoms with E-state index in [1.54, 1.807) is 7.11 Å². The smallest absolute Gasteiger partial charge is 0.126 e. The Morgan fingerprint density at radius 2 is 2.14 bits per heavy atom. The molecule has 0 saturated carbocycles. The lowest BCUT2D eigenvalue weighted by Gasteiger charge is -2.10. The maximum absolute atomic E-state index is 5.27. The molecule has 0 heterocycles. The molecule has 0 amide bonds. The molecule has 0 atom stereocenters. The molecule has 0 spiro atoms. The molecular formula is C12H17NO. The van der Waals surface area contributed by atoms with E-state index in [-0.39, 0.29) is 0 Å². The zero-order valence-corrected chi connectivity index (χ0v) is 8.84. The molecule has 0 unspecified atom stereocenters. The topological polar surface area (TPSA) is 21.3 Å². The van der Waals surface area contributed by atoms with Gasteiger partial charge in [0.25, 0.3) is 0 Å². The maximum atomic E-state index is 5.27. The molecule has 0 aromatic heterocycles. The van der Waals surface area contributed by atoms with Crippen molar-refractivity contribution in [2.75, 3.05) is 20.7 Å². The van der Waals surface area contributed by atoms with E-state index in [4.69, 9.17) is 4.74 Å². The van der Waals surface area contributed by atoms with Gasteiger partial charge in [-0.05, 0) is 31.7 Å². The number of rotatable bonds is 5. The normalized spacial score (nSPS) is 9.86. The van der Waals surface area contributed by atoms with Crippen LogP contribution in [-0.4, -0.2) is 20.7 Å². The van der Waals surface area contributed by atoms with Crippen molar-refractivity contribution in [3.8, 4) is 5.75 Å². The Labute approximate surface area is 85.6 Å².